The van der Waals surface area contributed by atoms with Crippen molar-refractivity contribution in [2.24, 2.45) is 11.3 Å². The molecule has 0 bridgehead atoms. The van der Waals surface area contributed by atoms with Crippen LogP contribution >= 0.6 is 23.2 Å². The van der Waals surface area contributed by atoms with Crippen molar-refractivity contribution in [1.29, 1.82) is 0 Å². The van der Waals surface area contributed by atoms with Crippen LogP contribution in [0, 0.1) is 11.3 Å². The summed E-state index contributed by atoms with van der Waals surface area (Å²) in [7, 11) is -3.89. The molecule has 1 aromatic carbocycles. The lowest BCUT2D eigenvalue weighted by Crippen LogP contribution is -2.55. The molecule has 1 saturated carbocycles. The van der Waals surface area contributed by atoms with Crippen molar-refractivity contribution in [2.75, 3.05) is 32.7 Å². The van der Waals surface area contributed by atoms with Gasteiger partial charge in [-0.3, -0.25) is 14.5 Å². The molecule has 3 fully saturated rings. The lowest BCUT2D eigenvalue weighted by atomic mass is 9.64. The SMILES string of the molecule is CC1CC(C)(C)CC2(C1)NC(=O)N(CC(=O)N1CCN(S(=O)(=O)c3cccc(Cl)c3Cl)CC1)C2=O. The van der Waals surface area contributed by atoms with E-state index in [1.54, 1.807) is 0 Å². The molecule has 0 radical (unpaired) electrons. The van der Waals surface area contributed by atoms with Gasteiger partial charge in [0, 0.05) is 26.2 Å². The first-order valence-corrected chi connectivity index (χ1v) is 13.8. The monoisotopic (exact) mass is 544 g/mol. The fourth-order valence-electron chi connectivity index (χ4n) is 5.89. The first-order chi connectivity index (χ1) is 16.3. The van der Waals surface area contributed by atoms with Crippen molar-refractivity contribution in [1.82, 2.24) is 19.4 Å². The Morgan fingerprint density at radius 1 is 1.11 bits per heavy atom. The van der Waals surface area contributed by atoms with Gasteiger partial charge in [0.2, 0.25) is 15.9 Å². The highest BCUT2D eigenvalue weighted by atomic mass is 35.5. The lowest BCUT2D eigenvalue weighted by molar-refractivity contribution is -0.141. The van der Waals surface area contributed by atoms with Gasteiger partial charge < -0.3 is 10.2 Å². The van der Waals surface area contributed by atoms with E-state index in [1.807, 2.05) is 0 Å². The van der Waals surface area contributed by atoms with Gasteiger partial charge >= 0.3 is 6.03 Å². The van der Waals surface area contributed by atoms with E-state index in [4.69, 9.17) is 23.2 Å². The van der Waals surface area contributed by atoms with Gasteiger partial charge in [0.1, 0.15) is 17.0 Å². The number of benzene rings is 1. The Morgan fingerprint density at radius 3 is 2.40 bits per heavy atom. The summed E-state index contributed by atoms with van der Waals surface area (Å²) in [5.41, 5.74) is -1.07. The topological polar surface area (TPSA) is 107 Å². The largest absolute Gasteiger partial charge is 0.338 e. The molecule has 1 aromatic rings. The Kier molecular flexibility index (Phi) is 6.89. The van der Waals surface area contributed by atoms with E-state index in [-0.39, 0.29) is 64.9 Å². The van der Waals surface area contributed by atoms with E-state index in [0.717, 1.165) is 11.3 Å². The van der Waals surface area contributed by atoms with E-state index in [9.17, 15) is 22.8 Å². The first-order valence-electron chi connectivity index (χ1n) is 11.6. The highest BCUT2D eigenvalue weighted by Crippen LogP contribution is 2.46. The Balaban J connectivity index is 1.40. The van der Waals surface area contributed by atoms with Crippen LogP contribution in [0.2, 0.25) is 10.0 Å². The van der Waals surface area contributed by atoms with Gasteiger partial charge in [0.05, 0.1) is 10.0 Å². The maximum absolute atomic E-state index is 13.3. The third-order valence-corrected chi connectivity index (χ3v) is 9.91. The minimum Gasteiger partial charge on any atom is -0.338 e. The molecule has 35 heavy (non-hydrogen) atoms. The predicted octanol–water partition coefficient (Wildman–Crippen LogP) is 2.96. The summed E-state index contributed by atoms with van der Waals surface area (Å²) in [6, 6.07) is 3.86. The molecule has 1 aliphatic carbocycles. The van der Waals surface area contributed by atoms with Gasteiger partial charge in [0.25, 0.3) is 5.91 Å². The average Bonchev–Trinajstić information content (AvgIpc) is 2.97. The molecule has 2 unspecified atom stereocenters. The number of halogens is 2. The zero-order valence-electron chi connectivity index (χ0n) is 20.0. The number of piperazine rings is 1. The number of hydrogen-bond donors (Lipinski definition) is 1. The summed E-state index contributed by atoms with van der Waals surface area (Å²) >= 11 is 12.1. The predicted molar refractivity (Wildman–Crippen MR) is 132 cm³/mol. The number of sulfonamides is 1. The van der Waals surface area contributed by atoms with Crippen molar-refractivity contribution in [3.8, 4) is 0 Å². The second-order valence-electron chi connectivity index (χ2n) is 10.6. The van der Waals surface area contributed by atoms with Gasteiger partial charge in [0.15, 0.2) is 0 Å². The number of urea groups is 1. The molecule has 3 aliphatic rings. The van der Waals surface area contributed by atoms with Crippen LogP contribution in [0.1, 0.15) is 40.0 Å². The molecule has 9 nitrogen and oxygen atoms in total. The molecule has 1 N–H and O–H groups in total. The first kappa shape index (κ1) is 26.2. The molecular weight excluding hydrogens is 515 g/mol. The zero-order valence-corrected chi connectivity index (χ0v) is 22.3. The highest BCUT2D eigenvalue weighted by molar-refractivity contribution is 7.89. The summed E-state index contributed by atoms with van der Waals surface area (Å²) < 4.78 is 27.3. The molecule has 4 rings (SSSR count). The number of imide groups is 1. The van der Waals surface area contributed by atoms with E-state index >= 15 is 0 Å². The third kappa shape index (κ3) is 4.90. The molecule has 12 heteroatoms. The molecule has 2 aliphatic heterocycles. The van der Waals surface area contributed by atoms with Crippen molar-refractivity contribution in [2.45, 2.75) is 50.5 Å². The van der Waals surface area contributed by atoms with Gasteiger partial charge in [-0.2, -0.15) is 4.31 Å². The van der Waals surface area contributed by atoms with Crippen molar-refractivity contribution in [3.05, 3.63) is 28.2 Å². The second-order valence-corrected chi connectivity index (χ2v) is 13.3. The second kappa shape index (κ2) is 9.21. The molecule has 2 heterocycles. The van der Waals surface area contributed by atoms with Crippen molar-refractivity contribution in [3.63, 3.8) is 0 Å². The van der Waals surface area contributed by atoms with E-state index < -0.39 is 27.5 Å². The van der Waals surface area contributed by atoms with E-state index in [0.29, 0.717) is 12.8 Å². The van der Waals surface area contributed by atoms with Crippen LogP contribution in [-0.4, -0.2) is 78.6 Å². The van der Waals surface area contributed by atoms with Crippen LogP contribution in [0.3, 0.4) is 0 Å². The third-order valence-electron chi connectivity index (χ3n) is 7.04. The van der Waals surface area contributed by atoms with Gasteiger partial charge in [-0.1, -0.05) is 50.0 Å². The summed E-state index contributed by atoms with van der Waals surface area (Å²) in [6.07, 6.45) is 2.04. The average molecular weight is 545 g/mol. The number of carbonyl (C=O) groups is 3. The van der Waals surface area contributed by atoms with Crippen LogP contribution in [0.25, 0.3) is 0 Å². The Bertz CT molecular complexity index is 1170. The van der Waals surface area contributed by atoms with Crippen LogP contribution in [0.15, 0.2) is 23.1 Å². The Labute approximate surface area is 215 Å². The van der Waals surface area contributed by atoms with Crippen LogP contribution < -0.4 is 5.32 Å². The molecule has 4 amide bonds. The quantitative estimate of drug-likeness (QED) is 0.586. The maximum Gasteiger partial charge on any atom is 0.325 e. The minimum absolute atomic E-state index is 0.0413. The van der Waals surface area contributed by atoms with Gasteiger partial charge in [-0.15, -0.1) is 0 Å². The van der Waals surface area contributed by atoms with Crippen LogP contribution in [0.5, 0.6) is 0 Å². The molecule has 2 saturated heterocycles. The van der Waals surface area contributed by atoms with Crippen LogP contribution in [0.4, 0.5) is 4.79 Å². The van der Waals surface area contributed by atoms with E-state index in [1.165, 1.54) is 27.4 Å². The fraction of sp³-hybridized carbons (Fsp3) is 0.609. The van der Waals surface area contributed by atoms with Crippen molar-refractivity contribution >= 4 is 51.1 Å². The number of nitrogens with zero attached hydrogens (tertiary/aromatic N) is 3. The van der Waals surface area contributed by atoms with Gasteiger partial charge in [-0.25, -0.2) is 13.2 Å². The summed E-state index contributed by atoms with van der Waals surface area (Å²) in [4.78, 5) is 41.4. The fourth-order valence-corrected chi connectivity index (χ4v) is 8.04. The standard InChI is InChI=1S/C23H30Cl2N4O5S/c1-15-11-22(2,3)14-23(12-15)20(31)29(21(32)26-23)13-18(30)27-7-9-28(10-8-27)35(33,34)17-6-4-5-16(24)19(17)25/h4-6,15H,7-14H2,1-3H3,(H,26,32). The molecule has 192 valence electrons. The number of nitrogens with one attached hydrogen (secondary N) is 1. The normalized spacial score (nSPS) is 27.4. The summed E-state index contributed by atoms with van der Waals surface area (Å²) in [5.74, 6) is -0.486. The lowest BCUT2D eigenvalue weighted by Gasteiger charge is -2.43. The number of carbonyl (C=O) groups excluding carboxylic acids is 3. The van der Waals surface area contributed by atoms with Crippen molar-refractivity contribution < 1.29 is 22.8 Å². The molecule has 0 aromatic heterocycles. The number of hydrogen-bond acceptors (Lipinski definition) is 5. The molecular formula is C23H30Cl2N4O5S. The smallest absolute Gasteiger partial charge is 0.325 e. The number of amides is 4. The summed E-state index contributed by atoms with van der Waals surface area (Å²) in [6.45, 7) is 6.27. The van der Waals surface area contributed by atoms with Crippen LogP contribution in [-0.2, 0) is 19.6 Å². The minimum atomic E-state index is -3.89. The highest BCUT2D eigenvalue weighted by Gasteiger charge is 2.56. The number of rotatable bonds is 4. The zero-order chi connectivity index (χ0) is 25.8. The summed E-state index contributed by atoms with van der Waals surface area (Å²) in [5, 5.41) is 2.98. The Hall–Kier alpha value is -1.88. The molecule has 2 atom stereocenters. The molecule has 1 spiro atoms. The Morgan fingerprint density at radius 2 is 1.77 bits per heavy atom. The maximum atomic E-state index is 13.3. The van der Waals surface area contributed by atoms with Gasteiger partial charge in [-0.05, 0) is 42.7 Å². The van der Waals surface area contributed by atoms with E-state index in [2.05, 4.69) is 26.1 Å².